The lowest BCUT2D eigenvalue weighted by Crippen LogP contribution is -2.56. The molecule has 1 aromatic heterocycles. The van der Waals surface area contributed by atoms with Gasteiger partial charge in [-0.25, -0.2) is 9.59 Å². The van der Waals surface area contributed by atoms with Crippen molar-refractivity contribution in [2.75, 3.05) is 0 Å². The number of hydrogen-bond donors (Lipinski definition) is 1. The molecule has 4 atom stereocenters. The molecule has 1 saturated heterocycles. The minimum atomic E-state index is -0.900. The Morgan fingerprint density at radius 1 is 1.15 bits per heavy atom. The second kappa shape index (κ2) is 10.1. The first-order valence-electron chi connectivity index (χ1n) is 11.5. The Morgan fingerprint density at radius 2 is 1.76 bits per heavy atom. The molecule has 33 heavy (non-hydrogen) atoms. The molecule has 1 aliphatic heterocycles. The smallest absolute Gasteiger partial charge is 0.411 e. The van der Waals surface area contributed by atoms with E-state index in [1.807, 2.05) is 13.8 Å². The third kappa shape index (κ3) is 7.47. The third-order valence-corrected chi connectivity index (χ3v) is 5.18. The van der Waals surface area contributed by atoms with E-state index in [0.29, 0.717) is 12.2 Å². The molecule has 0 unspecified atom stereocenters. The Labute approximate surface area is 196 Å². The van der Waals surface area contributed by atoms with E-state index < -0.39 is 41.4 Å². The van der Waals surface area contributed by atoms with Gasteiger partial charge in [0.05, 0.1) is 18.3 Å². The largest absolute Gasteiger partial charge is 0.458 e. The van der Waals surface area contributed by atoms with Crippen molar-refractivity contribution in [3.05, 3.63) is 18.0 Å². The zero-order valence-electron chi connectivity index (χ0n) is 21.3. The fourth-order valence-electron chi connectivity index (χ4n) is 4.27. The molecule has 0 bridgehead atoms. The van der Waals surface area contributed by atoms with Gasteiger partial charge in [-0.2, -0.15) is 0 Å². The average molecular weight is 466 g/mol. The number of esters is 1. The van der Waals surface area contributed by atoms with Crippen LogP contribution in [-0.2, 0) is 19.1 Å². The van der Waals surface area contributed by atoms with Crippen molar-refractivity contribution in [1.29, 1.82) is 0 Å². The van der Waals surface area contributed by atoms with E-state index in [0.717, 1.165) is 0 Å². The van der Waals surface area contributed by atoms with Crippen LogP contribution in [0, 0.1) is 5.92 Å². The topological polar surface area (TPSA) is 111 Å². The van der Waals surface area contributed by atoms with Crippen LogP contribution in [0.3, 0.4) is 0 Å². The van der Waals surface area contributed by atoms with Gasteiger partial charge in [-0.15, -0.1) is 0 Å². The molecular weight excluding hydrogens is 426 g/mol. The molecule has 9 heteroatoms. The normalized spacial score (nSPS) is 22.2. The van der Waals surface area contributed by atoms with Crippen molar-refractivity contribution in [3.8, 4) is 0 Å². The number of hydrogen-bond acceptors (Lipinski definition) is 7. The lowest BCUT2D eigenvalue weighted by Gasteiger charge is -2.38. The van der Waals surface area contributed by atoms with Crippen LogP contribution in [0.5, 0.6) is 0 Å². The maximum atomic E-state index is 13.5. The van der Waals surface area contributed by atoms with E-state index in [-0.39, 0.29) is 24.2 Å². The summed E-state index contributed by atoms with van der Waals surface area (Å²) in [4.78, 5) is 40.3. The van der Waals surface area contributed by atoms with Crippen LogP contribution in [0.15, 0.2) is 16.8 Å². The predicted octanol–water partition coefficient (Wildman–Crippen LogP) is 4.03. The highest BCUT2D eigenvalue weighted by molar-refractivity contribution is 5.83. The SMILES string of the molecule is CC(=O)N[C@@H](CC(C)C)[C@H]1[C@H](c2ccno2)C[C@H](C(=O)OC(C)(C)C)N1C(=O)OC(C)(C)C. The Hall–Kier alpha value is -2.58. The molecule has 0 radical (unpaired) electrons. The highest BCUT2D eigenvalue weighted by Crippen LogP contribution is 2.42. The molecule has 2 rings (SSSR count). The third-order valence-electron chi connectivity index (χ3n) is 5.18. The van der Waals surface area contributed by atoms with E-state index in [1.54, 1.807) is 47.6 Å². The summed E-state index contributed by atoms with van der Waals surface area (Å²) in [6.07, 6.45) is 1.75. The number of likely N-dealkylation sites (tertiary alicyclic amines) is 1. The van der Waals surface area contributed by atoms with Crippen LogP contribution in [0.2, 0.25) is 0 Å². The highest BCUT2D eigenvalue weighted by Gasteiger charge is 2.54. The first-order valence-corrected chi connectivity index (χ1v) is 11.5. The Morgan fingerprint density at radius 3 is 2.21 bits per heavy atom. The van der Waals surface area contributed by atoms with Crippen molar-refractivity contribution >= 4 is 18.0 Å². The number of amides is 2. The fourth-order valence-corrected chi connectivity index (χ4v) is 4.27. The summed E-state index contributed by atoms with van der Waals surface area (Å²) in [6.45, 7) is 16.2. The molecule has 2 amide bonds. The van der Waals surface area contributed by atoms with E-state index in [4.69, 9.17) is 14.0 Å². The minimum Gasteiger partial charge on any atom is -0.458 e. The Bertz CT molecular complexity index is 822. The molecule has 0 spiro atoms. The van der Waals surface area contributed by atoms with Crippen molar-refractivity contribution in [2.45, 2.75) is 110 Å². The Balaban J connectivity index is 2.60. The lowest BCUT2D eigenvalue weighted by molar-refractivity contribution is -0.160. The van der Waals surface area contributed by atoms with Crippen LogP contribution in [0.25, 0.3) is 0 Å². The molecule has 1 aromatic rings. The predicted molar refractivity (Wildman–Crippen MR) is 122 cm³/mol. The molecule has 0 aromatic carbocycles. The number of carbonyl (C=O) groups excluding carboxylic acids is 3. The summed E-state index contributed by atoms with van der Waals surface area (Å²) in [6, 6.07) is -0.195. The molecule has 1 aliphatic rings. The number of aromatic nitrogens is 1. The van der Waals surface area contributed by atoms with Crippen LogP contribution in [0.1, 0.15) is 86.8 Å². The van der Waals surface area contributed by atoms with Gasteiger partial charge in [0.2, 0.25) is 5.91 Å². The first-order chi connectivity index (χ1) is 15.1. The number of nitrogens with zero attached hydrogens (tertiary/aromatic N) is 2. The van der Waals surface area contributed by atoms with Crippen LogP contribution >= 0.6 is 0 Å². The summed E-state index contributed by atoms with van der Waals surface area (Å²) < 4.78 is 16.8. The maximum Gasteiger partial charge on any atom is 0.411 e. The second-order valence-electron chi connectivity index (χ2n) is 11.1. The molecule has 2 heterocycles. The quantitative estimate of drug-likeness (QED) is 0.631. The summed E-state index contributed by atoms with van der Waals surface area (Å²) in [7, 11) is 0. The lowest BCUT2D eigenvalue weighted by atomic mass is 9.87. The van der Waals surface area contributed by atoms with Crippen LogP contribution in [-0.4, -0.2) is 57.4 Å². The standard InChI is InChI=1S/C24H39N3O6/c1-14(2)12-17(26-15(3)28)20-16(19-10-11-25-33-19)13-18(21(29)31-23(4,5)6)27(20)22(30)32-24(7,8)9/h10-11,14,16-18,20H,12-13H2,1-9H3,(H,26,28)/t16-,17-,18+,20+/m0/s1. The van der Waals surface area contributed by atoms with Gasteiger partial charge in [-0.1, -0.05) is 19.0 Å². The molecule has 0 aliphatic carbocycles. The summed E-state index contributed by atoms with van der Waals surface area (Å²) >= 11 is 0. The van der Waals surface area contributed by atoms with Gasteiger partial charge >= 0.3 is 12.1 Å². The van der Waals surface area contributed by atoms with Gasteiger partial charge in [0.1, 0.15) is 23.0 Å². The van der Waals surface area contributed by atoms with E-state index in [2.05, 4.69) is 10.5 Å². The van der Waals surface area contributed by atoms with Gasteiger partial charge in [0.15, 0.2) is 0 Å². The average Bonchev–Trinajstić information content (AvgIpc) is 3.24. The zero-order chi connectivity index (χ0) is 25.1. The number of ether oxygens (including phenoxy) is 2. The first kappa shape index (κ1) is 26.7. The molecule has 0 saturated carbocycles. The van der Waals surface area contributed by atoms with Gasteiger partial charge in [0, 0.05) is 18.9 Å². The second-order valence-corrected chi connectivity index (χ2v) is 11.1. The van der Waals surface area contributed by atoms with Gasteiger partial charge in [-0.05, 0) is 60.3 Å². The summed E-state index contributed by atoms with van der Waals surface area (Å²) in [5.41, 5.74) is -1.50. The maximum absolute atomic E-state index is 13.5. The monoisotopic (exact) mass is 465 g/mol. The van der Waals surface area contributed by atoms with Crippen molar-refractivity contribution in [2.24, 2.45) is 5.92 Å². The molecular formula is C24H39N3O6. The molecule has 1 fully saturated rings. The molecule has 186 valence electrons. The van der Waals surface area contributed by atoms with Crippen molar-refractivity contribution in [3.63, 3.8) is 0 Å². The Kier molecular flexibility index (Phi) is 8.19. The molecule has 9 nitrogen and oxygen atoms in total. The van der Waals surface area contributed by atoms with Crippen LogP contribution < -0.4 is 5.32 Å². The van der Waals surface area contributed by atoms with Gasteiger partial charge in [-0.3, -0.25) is 9.69 Å². The van der Waals surface area contributed by atoms with Crippen LogP contribution in [0.4, 0.5) is 4.79 Å². The van der Waals surface area contributed by atoms with Crippen molar-refractivity contribution < 1.29 is 28.4 Å². The highest BCUT2D eigenvalue weighted by atomic mass is 16.6. The van der Waals surface area contributed by atoms with Gasteiger partial charge < -0.3 is 19.3 Å². The van der Waals surface area contributed by atoms with E-state index >= 15 is 0 Å². The minimum absolute atomic E-state index is 0.221. The van der Waals surface area contributed by atoms with Gasteiger partial charge in [0.25, 0.3) is 0 Å². The summed E-state index contributed by atoms with van der Waals surface area (Å²) in [5, 5.41) is 6.83. The number of rotatable bonds is 6. The number of nitrogens with one attached hydrogen (secondary N) is 1. The number of carbonyl (C=O) groups is 3. The fraction of sp³-hybridized carbons (Fsp3) is 0.750. The summed E-state index contributed by atoms with van der Waals surface area (Å²) in [5.74, 6) is -0.363. The zero-order valence-corrected chi connectivity index (χ0v) is 21.3. The van der Waals surface area contributed by atoms with E-state index in [9.17, 15) is 14.4 Å². The van der Waals surface area contributed by atoms with Crippen molar-refractivity contribution in [1.82, 2.24) is 15.4 Å². The molecule has 1 N–H and O–H groups in total. The van der Waals surface area contributed by atoms with E-state index in [1.165, 1.54) is 18.0 Å².